The number of nitrogens with one attached hydrogen (secondary N) is 1. The fraction of sp³-hybridized carbons (Fsp3) is 0.167. The van der Waals surface area contributed by atoms with Crippen LogP contribution in [0.15, 0.2) is 35.3 Å². The third-order valence-corrected chi connectivity index (χ3v) is 2.76. The van der Waals surface area contributed by atoms with E-state index in [0.29, 0.717) is 27.7 Å². The Morgan fingerprint density at radius 2 is 2.05 bits per heavy atom. The Morgan fingerprint density at radius 1 is 1.24 bits per heavy atom. The van der Waals surface area contributed by atoms with Gasteiger partial charge in [-0.1, -0.05) is 0 Å². The smallest absolute Gasteiger partial charge is 0.339 e. The van der Waals surface area contributed by atoms with Crippen LogP contribution in [0.5, 0.6) is 0 Å². The molecule has 0 aliphatic rings. The number of pyridine rings is 1. The normalized spacial score (nSPS) is 12.0. The van der Waals surface area contributed by atoms with E-state index in [4.69, 9.17) is 0 Å². The number of hydrogen-bond acceptors (Lipinski definition) is 4. The van der Waals surface area contributed by atoms with Gasteiger partial charge in [-0.15, -0.1) is 0 Å². The van der Waals surface area contributed by atoms with E-state index in [0.717, 1.165) is 6.07 Å². The predicted octanol–water partition coefficient (Wildman–Crippen LogP) is 1.58. The molecule has 21 heavy (non-hydrogen) atoms. The van der Waals surface area contributed by atoms with Gasteiger partial charge in [0.2, 0.25) is 0 Å². The number of alkyl halides is 3. The number of aromatic amines is 1. The van der Waals surface area contributed by atoms with Gasteiger partial charge in [-0.25, -0.2) is 14.6 Å². The summed E-state index contributed by atoms with van der Waals surface area (Å²) < 4.78 is 38.5. The number of H-pyrrole nitrogens is 1. The summed E-state index contributed by atoms with van der Waals surface area (Å²) in [5.41, 5.74) is -0.715. The zero-order chi connectivity index (χ0) is 15.0. The van der Waals surface area contributed by atoms with Crippen molar-refractivity contribution in [2.24, 2.45) is 0 Å². The van der Waals surface area contributed by atoms with Crippen LogP contribution in [0.25, 0.3) is 11.2 Å². The fourth-order valence-corrected chi connectivity index (χ4v) is 1.82. The Hall–Kier alpha value is -2.71. The summed E-state index contributed by atoms with van der Waals surface area (Å²) in [6.07, 6.45) is -3.06. The molecule has 108 valence electrons. The highest BCUT2D eigenvalue weighted by atomic mass is 19.4. The van der Waals surface area contributed by atoms with E-state index in [1.807, 2.05) is 0 Å². The van der Waals surface area contributed by atoms with E-state index in [2.05, 4.69) is 20.1 Å². The molecule has 3 aromatic rings. The fourth-order valence-electron chi connectivity index (χ4n) is 1.82. The van der Waals surface area contributed by atoms with Gasteiger partial charge in [0.1, 0.15) is 12.4 Å². The third kappa shape index (κ3) is 2.62. The largest absolute Gasteiger partial charge is 0.435 e. The Balaban J connectivity index is 1.99. The van der Waals surface area contributed by atoms with Crippen LogP contribution in [0.3, 0.4) is 0 Å². The van der Waals surface area contributed by atoms with Crippen LogP contribution in [0.4, 0.5) is 13.2 Å². The zero-order valence-corrected chi connectivity index (χ0v) is 10.4. The maximum absolute atomic E-state index is 12.6. The number of rotatable bonds is 2. The topological polar surface area (TPSA) is 76.5 Å². The van der Waals surface area contributed by atoms with Gasteiger partial charge in [0.05, 0.1) is 5.52 Å². The van der Waals surface area contributed by atoms with Crippen LogP contribution in [-0.4, -0.2) is 24.7 Å². The molecule has 6 nitrogen and oxygen atoms in total. The Bertz CT molecular complexity index is 819. The van der Waals surface area contributed by atoms with Crippen molar-refractivity contribution in [2.45, 2.75) is 12.7 Å². The van der Waals surface area contributed by atoms with Crippen molar-refractivity contribution in [3.8, 4) is 0 Å². The molecule has 3 heterocycles. The molecule has 9 heteroatoms. The van der Waals surface area contributed by atoms with Gasteiger partial charge in [-0.05, 0) is 18.2 Å². The van der Waals surface area contributed by atoms with Crippen molar-refractivity contribution in [3.63, 3.8) is 0 Å². The standard InChI is InChI=1S/C12H8F3N5O/c13-12(14,15)8-3-4-10(21)20(19-8)6-9-17-7-2-1-5-16-11(7)18-9/h1-5H,6H2,(H,16,17,18). The van der Waals surface area contributed by atoms with Crippen molar-refractivity contribution in [3.05, 3.63) is 52.3 Å². The summed E-state index contributed by atoms with van der Waals surface area (Å²) in [4.78, 5) is 22.6. The first kappa shape index (κ1) is 13.3. The van der Waals surface area contributed by atoms with Gasteiger partial charge >= 0.3 is 6.18 Å². The van der Waals surface area contributed by atoms with Gasteiger partial charge < -0.3 is 4.98 Å². The highest BCUT2D eigenvalue weighted by Crippen LogP contribution is 2.26. The third-order valence-electron chi connectivity index (χ3n) is 2.76. The minimum Gasteiger partial charge on any atom is -0.339 e. The summed E-state index contributed by atoms with van der Waals surface area (Å²) in [7, 11) is 0. The first-order valence-corrected chi connectivity index (χ1v) is 5.88. The monoisotopic (exact) mass is 295 g/mol. The molecule has 0 unspecified atom stereocenters. The second kappa shape index (κ2) is 4.69. The van der Waals surface area contributed by atoms with Crippen LogP contribution in [-0.2, 0) is 12.7 Å². The molecule has 0 radical (unpaired) electrons. The molecule has 0 aliphatic heterocycles. The molecule has 0 aliphatic carbocycles. The molecule has 0 atom stereocenters. The molecule has 1 N–H and O–H groups in total. The first-order valence-electron chi connectivity index (χ1n) is 5.88. The number of aromatic nitrogens is 5. The summed E-state index contributed by atoms with van der Waals surface area (Å²) >= 11 is 0. The number of nitrogens with zero attached hydrogens (tertiary/aromatic N) is 4. The zero-order valence-electron chi connectivity index (χ0n) is 10.4. The second-order valence-corrected chi connectivity index (χ2v) is 4.27. The maximum Gasteiger partial charge on any atom is 0.435 e. The summed E-state index contributed by atoms with van der Waals surface area (Å²) in [6.45, 7) is -0.195. The predicted molar refractivity (Wildman–Crippen MR) is 66.5 cm³/mol. The van der Waals surface area contributed by atoms with Crippen molar-refractivity contribution in [1.29, 1.82) is 0 Å². The molecule has 0 bridgehead atoms. The lowest BCUT2D eigenvalue weighted by Crippen LogP contribution is -2.26. The molecule has 0 saturated heterocycles. The van der Waals surface area contributed by atoms with Crippen LogP contribution in [0, 0.1) is 0 Å². The Morgan fingerprint density at radius 3 is 2.76 bits per heavy atom. The van der Waals surface area contributed by atoms with Crippen molar-refractivity contribution in [2.75, 3.05) is 0 Å². The molecule has 3 rings (SSSR count). The number of imidazole rings is 1. The van der Waals surface area contributed by atoms with E-state index in [9.17, 15) is 18.0 Å². The molecule has 0 spiro atoms. The molecular formula is C12H8F3N5O. The molecule has 0 aromatic carbocycles. The quantitative estimate of drug-likeness (QED) is 0.778. The minimum atomic E-state index is -4.61. The minimum absolute atomic E-state index is 0.195. The molecule has 0 amide bonds. The van der Waals surface area contributed by atoms with E-state index in [-0.39, 0.29) is 6.54 Å². The van der Waals surface area contributed by atoms with Gasteiger partial charge in [-0.3, -0.25) is 4.79 Å². The molecule has 0 saturated carbocycles. The van der Waals surface area contributed by atoms with Crippen LogP contribution >= 0.6 is 0 Å². The summed E-state index contributed by atoms with van der Waals surface area (Å²) in [5, 5.41) is 3.31. The lowest BCUT2D eigenvalue weighted by Gasteiger charge is -2.07. The second-order valence-electron chi connectivity index (χ2n) is 4.27. The Labute approximate surface area is 115 Å². The highest BCUT2D eigenvalue weighted by molar-refractivity contribution is 5.69. The van der Waals surface area contributed by atoms with Gasteiger partial charge in [-0.2, -0.15) is 18.3 Å². The van der Waals surface area contributed by atoms with Crippen LogP contribution < -0.4 is 5.56 Å². The van der Waals surface area contributed by atoms with Crippen LogP contribution in [0.1, 0.15) is 11.5 Å². The van der Waals surface area contributed by atoms with Gasteiger partial charge in [0.15, 0.2) is 11.3 Å². The lowest BCUT2D eigenvalue weighted by molar-refractivity contribution is -0.142. The number of halogens is 3. The van der Waals surface area contributed by atoms with Crippen molar-refractivity contribution >= 4 is 11.2 Å². The molecule has 3 aromatic heterocycles. The SMILES string of the molecule is O=c1ccc(C(F)(F)F)nn1Cc1nc2ncccc2[nH]1. The van der Waals surface area contributed by atoms with Crippen molar-refractivity contribution < 1.29 is 13.2 Å². The maximum atomic E-state index is 12.6. The molecule has 0 fully saturated rings. The van der Waals surface area contributed by atoms with Gasteiger partial charge in [0.25, 0.3) is 5.56 Å². The van der Waals surface area contributed by atoms with E-state index in [1.54, 1.807) is 18.3 Å². The van der Waals surface area contributed by atoms with Crippen LogP contribution in [0.2, 0.25) is 0 Å². The summed E-state index contributed by atoms with van der Waals surface area (Å²) in [6, 6.07) is 4.90. The van der Waals surface area contributed by atoms with Gasteiger partial charge in [0, 0.05) is 12.3 Å². The lowest BCUT2D eigenvalue weighted by atomic mass is 10.4. The average molecular weight is 295 g/mol. The Kier molecular flexibility index (Phi) is 2.96. The van der Waals surface area contributed by atoms with Crippen molar-refractivity contribution in [1.82, 2.24) is 24.7 Å². The first-order chi connectivity index (χ1) is 9.93. The number of fused-ring (bicyclic) bond motifs is 1. The summed E-state index contributed by atoms with van der Waals surface area (Å²) in [5.74, 6) is 0.303. The highest BCUT2D eigenvalue weighted by Gasteiger charge is 2.33. The van der Waals surface area contributed by atoms with E-state index < -0.39 is 17.4 Å². The van der Waals surface area contributed by atoms with E-state index in [1.165, 1.54) is 0 Å². The average Bonchev–Trinajstić information content (AvgIpc) is 2.82. The molecular weight excluding hydrogens is 287 g/mol. The number of hydrogen-bond donors (Lipinski definition) is 1. The van der Waals surface area contributed by atoms with E-state index >= 15 is 0 Å².